The number of allylic oxidation sites excluding steroid dienone is 2. The SMILES string of the molecule is CCCCCCCC/C=C\CCCCCCCCN([O-])C(C)(O)O. The maximum Gasteiger partial charge on any atom is 0.210 e. The summed E-state index contributed by atoms with van der Waals surface area (Å²) in [5.41, 5.74) is 0. The van der Waals surface area contributed by atoms with Crippen LogP contribution in [0.2, 0.25) is 0 Å². The van der Waals surface area contributed by atoms with Crippen molar-refractivity contribution in [1.29, 1.82) is 0 Å². The summed E-state index contributed by atoms with van der Waals surface area (Å²) in [6.45, 7) is 3.54. The van der Waals surface area contributed by atoms with Gasteiger partial charge in [-0.2, -0.15) is 0 Å². The summed E-state index contributed by atoms with van der Waals surface area (Å²) >= 11 is 0. The van der Waals surface area contributed by atoms with Crippen LogP contribution < -0.4 is 0 Å². The van der Waals surface area contributed by atoms with Crippen LogP contribution in [0.4, 0.5) is 0 Å². The number of unbranched alkanes of at least 4 members (excludes halogenated alkanes) is 12. The summed E-state index contributed by atoms with van der Waals surface area (Å²) in [6, 6.07) is 0. The van der Waals surface area contributed by atoms with Crippen molar-refractivity contribution < 1.29 is 10.2 Å². The molecule has 0 aliphatic rings. The van der Waals surface area contributed by atoms with Gasteiger partial charge in [0.1, 0.15) is 0 Å². The van der Waals surface area contributed by atoms with Crippen molar-refractivity contribution in [3.63, 3.8) is 0 Å². The van der Waals surface area contributed by atoms with E-state index in [1.165, 1.54) is 70.6 Å². The molecule has 0 aromatic rings. The average Bonchev–Trinajstić information content (AvgIpc) is 2.53. The Hall–Kier alpha value is -0.420. The maximum atomic E-state index is 11.2. The largest absolute Gasteiger partial charge is 0.781 e. The standard InChI is InChI=1S/C20H40NO3/c1-3-4-5-6-7-8-9-10-11-12-13-14-15-16-17-18-19-21(24)20(2,22)23/h10-11,22-23H,3-9,12-19H2,1-2H3/q-1/b11-10-. The molecule has 0 aliphatic carbocycles. The van der Waals surface area contributed by atoms with Gasteiger partial charge in [-0.25, -0.2) is 0 Å². The number of hydrogen-bond donors (Lipinski definition) is 2. The van der Waals surface area contributed by atoms with Crippen LogP contribution in [-0.4, -0.2) is 27.7 Å². The molecule has 0 fully saturated rings. The first-order chi connectivity index (χ1) is 11.5. The average molecular weight is 343 g/mol. The third kappa shape index (κ3) is 16.4. The summed E-state index contributed by atoms with van der Waals surface area (Å²) in [5, 5.41) is 29.7. The topological polar surface area (TPSA) is 66.8 Å². The van der Waals surface area contributed by atoms with Crippen molar-refractivity contribution in [1.82, 2.24) is 5.06 Å². The highest BCUT2D eigenvalue weighted by atomic mass is 16.6. The van der Waals surface area contributed by atoms with E-state index in [1.807, 2.05) is 0 Å². The zero-order chi connectivity index (χ0) is 18.1. The van der Waals surface area contributed by atoms with Gasteiger partial charge in [-0.1, -0.05) is 76.9 Å². The van der Waals surface area contributed by atoms with E-state index in [-0.39, 0.29) is 6.54 Å². The van der Waals surface area contributed by atoms with Gasteiger partial charge < -0.3 is 20.5 Å². The van der Waals surface area contributed by atoms with Crippen molar-refractivity contribution in [2.75, 3.05) is 6.54 Å². The molecule has 4 nitrogen and oxygen atoms in total. The molecular formula is C20H40NO3-. The first kappa shape index (κ1) is 23.6. The Morgan fingerprint density at radius 3 is 1.62 bits per heavy atom. The van der Waals surface area contributed by atoms with Gasteiger partial charge >= 0.3 is 0 Å². The lowest BCUT2D eigenvalue weighted by Gasteiger charge is -2.37. The van der Waals surface area contributed by atoms with Gasteiger partial charge in [0.05, 0.1) is 0 Å². The molecule has 0 unspecified atom stereocenters. The van der Waals surface area contributed by atoms with Crippen molar-refractivity contribution in [3.8, 4) is 0 Å². The molecule has 0 amide bonds. The monoisotopic (exact) mass is 342 g/mol. The van der Waals surface area contributed by atoms with Crippen molar-refractivity contribution in [2.24, 2.45) is 0 Å². The van der Waals surface area contributed by atoms with E-state index >= 15 is 0 Å². The highest BCUT2D eigenvalue weighted by molar-refractivity contribution is 4.81. The van der Waals surface area contributed by atoms with E-state index in [0.29, 0.717) is 5.06 Å². The number of aliphatic hydroxyl groups is 2. The van der Waals surface area contributed by atoms with E-state index in [2.05, 4.69) is 19.1 Å². The molecule has 144 valence electrons. The Balaban J connectivity index is 3.21. The molecule has 0 radical (unpaired) electrons. The summed E-state index contributed by atoms with van der Waals surface area (Å²) in [7, 11) is 0. The van der Waals surface area contributed by atoms with E-state index in [4.69, 9.17) is 10.2 Å². The Labute approximate surface area is 149 Å². The van der Waals surface area contributed by atoms with Crippen molar-refractivity contribution in [3.05, 3.63) is 17.4 Å². The minimum Gasteiger partial charge on any atom is -0.781 e. The van der Waals surface area contributed by atoms with Gasteiger partial charge in [0.15, 0.2) is 0 Å². The third-order valence-corrected chi connectivity index (χ3v) is 4.35. The second-order valence-corrected chi connectivity index (χ2v) is 7.01. The van der Waals surface area contributed by atoms with Crippen molar-refractivity contribution >= 4 is 0 Å². The van der Waals surface area contributed by atoms with Gasteiger partial charge in [0.2, 0.25) is 5.91 Å². The van der Waals surface area contributed by atoms with Gasteiger partial charge in [0, 0.05) is 6.92 Å². The summed E-state index contributed by atoms with van der Waals surface area (Å²) in [4.78, 5) is 0. The van der Waals surface area contributed by atoms with Crippen LogP contribution in [-0.2, 0) is 0 Å². The van der Waals surface area contributed by atoms with E-state index in [1.54, 1.807) is 0 Å². The molecule has 0 aromatic carbocycles. The summed E-state index contributed by atoms with van der Waals surface area (Å²) in [5.74, 6) is -2.23. The highest BCUT2D eigenvalue weighted by Gasteiger charge is 2.15. The molecular weight excluding hydrogens is 302 g/mol. The molecule has 2 N–H and O–H groups in total. The molecule has 0 rings (SSSR count). The predicted molar refractivity (Wildman–Crippen MR) is 102 cm³/mol. The minimum atomic E-state index is -2.23. The number of hydrogen-bond acceptors (Lipinski definition) is 4. The van der Waals surface area contributed by atoms with Crippen LogP contribution in [0, 0.1) is 5.21 Å². The van der Waals surface area contributed by atoms with E-state index in [9.17, 15) is 5.21 Å². The lowest BCUT2D eigenvalue weighted by atomic mass is 10.1. The first-order valence-corrected chi connectivity index (χ1v) is 10.0. The van der Waals surface area contributed by atoms with Crippen molar-refractivity contribution in [2.45, 2.75) is 110 Å². The van der Waals surface area contributed by atoms with Gasteiger partial charge in [0.25, 0.3) is 0 Å². The van der Waals surface area contributed by atoms with Crippen LogP contribution >= 0.6 is 0 Å². The fourth-order valence-electron chi connectivity index (χ4n) is 2.71. The van der Waals surface area contributed by atoms with Crippen LogP contribution in [0.3, 0.4) is 0 Å². The number of hydroxylamine groups is 2. The summed E-state index contributed by atoms with van der Waals surface area (Å²) < 4.78 is 0. The Morgan fingerprint density at radius 1 is 0.750 bits per heavy atom. The molecule has 0 saturated carbocycles. The zero-order valence-corrected chi connectivity index (χ0v) is 16.0. The van der Waals surface area contributed by atoms with Gasteiger partial charge in [-0.05, 0) is 38.6 Å². The fourth-order valence-corrected chi connectivity index (χ4v) is 2.71. The minimum absolute atomic E-state index is 0.185. The highest BCUT2D eigenvalue weighted by Crippen LogP contribution is 2.11. The third-order valence-electron chi connectivity index (χ3n) is 4.35. The molecule has 24 heavy (non-hydrogen) atoms. The normalized spacial score (nSPS) is 12.6. The van der Waals surface area contributed by atoms with Crippen LogP contribution in [0.1, 0.15) is 104 Å². The van der Waals surface area contributed by atoms with Crippen LogP contribution in [0.5, 0.6) is 0 Å². The maximum absolute atomic E-state index is 11.2. The summed E-state index contributed by atoms with van der Waals surface area (Å²) in [6.07, 6.45) is 21.7. The first-order valence-electron chi connectivity index (χ1n) is 10.0. The second-order valence-electron chi connectivity index (χ2n) is 7.01. The zero-order valence-electron chi connectivity index (χ0n) is 16.0. The Kier molecular flexibility index (Phi) is 15.8. The molecule has 0 bridgehead atoms. The lowest BCUT2D eigenvalue weighted by Crippen LogP contribution is -2.42. The predicted octanol–water partition coefficient (Wildman–Crippen LogP) is 5.48. The Morgan fingerprint density at radius 2 is 1.17 bits per heavy atom. The van der Waals surface area contributed by atoms with E-state index in [0.717, 1.165) is 26.2 Å². The second kappa shape index (κ2) is 16.1. The fraction of sp³-hybridized carbons (Fsp3) is 0.900. The molecule has 0 saturated heterocycles. The smallest absolute Gasteiger partial charge is 0.210 e. The van der Waals surface area contributed by atoms with E-state index < -0.39 is 5.91 Å². The van der Waals surface area contributed by atoms with Gasteiger partial charge in [-0.15, -0.1) is 0 Å². The molecule has 0 aliphatic heterocycles. The lowest BCUT2D eigenvalue weighted by molar-refractivity contribution is -0.233. The molecule has 4 heteroatoms. The molecule has 0 atom stereocenters. The number of rotatable bonds is 17. The quantitative estimate of drug-likeness (QED) is 0.159. The molecule has 0 spiro atoms. The molecule has 0 aromatic heterocycles. The van der Waals surface area contributed by atoms with Crippen LogP contribution in [0.15, 0.2) is 12.2 Å². The van der Waals surface area contributed by atoms with Crippen LogP contribution in [0.25, 0.3) is 0 Å². The van der Waals surface area contributed by atoms with Gasteiger partial charge in [-0.3, -0.25) is 0 Å². The number of nitrogens with zero attached hydrogens (tertiary/aromatic N) is 1. The Bertz CT molecular complexity index is 287. The molecule has 0 heterocycles.